The molecule has 3 saturated carbocycles. The summed E-state index contributed by atoms with van der Waals surface area (Å²) in [4.78, 5) is 40.9. The lowest BCUT2D eigenvalue weighted by Crippen LogP contribution is -2.84. The molecular formula is C23H24Cl2N4O4. The van der Waals surface area contributed by atoms with E-state index < -0.39 is 0 Å². The fourth-order valence-electron chi connectivity index (χ4n) is 4.50. The third kappa shape index (κ3) is 4.91. The zero-order chi connectivity index (χ0) is 23.8. The molecule has 3 aliphatic carbocycles. The molecule has 0 aliphatic heterocycles. The number of nitrogens with zero attached hydrogens (tertiary/aromatic N) is 1. The number of benzene rings is 1. The highest BCUT2D eigenvalue weighted by Gasteiger charge is 2.69. The third-order valence-electron chi connectivity index (χ3n) is 5.76. The molecule has 3 N–H and O–H groups in total. The fraction of sp³-hybridized carbons (Fsp3) is 0.391. The molecule has 0 spiro atoms. The minimum Gasteiger partial charge on any atom is -0.488 e. The van der Waals surface area contributed by atoms with E-state index in [4.69, 9.17) is 27.9 Å². The summed E-state index contributed by atoms with van der Waals surface area (Å²) in [5, 5.41) is 9.13. The maximum Gasteiger partial charge on any atom is 0.253 e. The van der Waals surface area contributed by atoms with Gasteiger partial charge < -0.3 is 20.7 Å². The van der Waals surface area contributed by atoms with Gasteiger partial charge in [-0.15, -0.1) is 0 Å². The third-order valence-corrected chi connectivity index (χ3v) is 6.32. The lowest BCUT2D eigenvalue weighted by Gasteiger charge is -2.70. The number of hydrogen-bond donors (Lipinski definition) is 3. The normalized spacial score (nSPS) is 22.6. The molecule has 0 saturated heterocycles. The number of halogens is 2. The van der Waals surface area contributed by atoms with E-state index in [1.807, 2.05) is 13.8 Å². The van der Waals surface area contributed by atoms with Gasteiger partial charge in [0.25, 0.3) is 11.8 Å². The average molecular weight is 491 g/mol. The van der Waals surface area contributed by atoms with Crippen LogP contribution in [0.15, 0.2) is 36.7 Å². The fourth-order valence-corrected chi connectivity index (χ4v) is 5.08. The Morgan fingerprint density at radius 3 is 2.24 bits per heavy atom. The molecule has 2 bridgehead atoms. The molecule has 174 valence electrons. The van der Waals surface area contributed by atoms with Gasteiger partial charge in [0.1, 0.15) is 0 Å². The number of aromatic nitrogens is 1. The molecule has 0 radical (unpaired) electrons. The number of rotatable bonds is 8. The molecule has 3 aliphatic rings. The van der Waals surface area contributed by atoms with Crippen molar-refractivity contribution < 1.29 is 19.1 Å². The Labute approximate surface area is 201 Å². The van der Waals surface area contributed by atoms with E-state index in [-0.39, 0.29) is 51.5 Å². The summed E-state index contributed by atoms with van der Waals surface area (Å²) < 4.78 is 5.60. The van der Waals surface area contributed by atoms with Gasteiger partial charge in [0.05, 0.1) is 28.3 Å². The van der Waals surface area contributed by atoms with Gasteiger partial charge in [-0.2, -0.15) is 0 Å². The van der Waals surface area contributed by atoms with E-state index in [1.165, 1.54) is 18.3 Å². The quantitative estimate of drug-likeness (QED) is 0.526. The van der Waals surface area contributed by atoms with E-state index in [0.717, 1.165) is 0 Å². The van der Waals surface area contributed by atoms with Crippen LogP contribution in [0.1, 0.15) is 53.8 Å². The molecular weight excluding hydrogens is 467 g/mol. The first-order valence-electron chi connectivity index (χ1n) is 10.6. The van der Waals surface area contributed by atoms with Crippen molar-refractivity contribution in [3.8, 4) is 5.75 Å². The van der Waals surface area contributed by atoms with Crippen LogP contribution in [0.2, 0.25) is 10.0 Å². The first kappa shape index (κ1) is 23.3. The molecule has 8 nitrogen and oxygen atoms in total. The predicted molar refractivity (Wildman–Crippen MR) is 124 cm³/mol. The summed E-state index contributed by atoms with van der Waals surface area (Å²) in [6, 6.07) is 6.35. The smallest absolute Gasteiger partial charge is 0.253 e. The Morgan fingerprint density at radius 1 is 1.03 bits per heavy atom. The highest BCUT2D eigenvalue weighted by Crippen LogP contribution is 2.60. The molecule has 5 rings (SSSR count). The standard InChI is InChI=1S/C23H24Cl2N4O4/c1-13(2)33-19-16(24)6-15(7-17(19)25)21(32)29-23-10-22(11-23,12-23)28-18(30)9-27-20(31)14-4-3-5-26-8-14/h3-8,13H,9-12H2,1-2H3,(H,27,31)(H,28,30)(H,29,32). The van der Waals surface area contributed by atoms with Gasteiger partial charge in [-0.05, 0) is 57.4 Å². The number of carbonyl (C=O) groups is 3. The van der Waals surface area contributed by atoms with Gasteiger partial charge in [0.2, 0.25) is 5.91 Å². The highest BCUT2D eigenvalue weighted by molar-refractivity contribution is 6.37. The minimum atomic E-state index is -0.360. The topological polar surface area (TPSA) is 109 Å². The van der Waals surface area contributed by atoms with Crippen LogP contribution in [-0.4, -0.2) is 46.4 Å². The largest absolute Gasteiger partial charge is 0.488 e. The lowest BCUT2D eigenvalue weighted by molar-refractivity contribution is -0.138. The van der Waals surface area contributed by atoms with Crippen molar-refractivity contribution in [3.63, 3.8) is 0 Å². The number of ether oxygens (including phenoxy) is 1. The van der Waals surface area contributed by atoms with Crippen molar-refractivity contribution in [2.24, 2.45) is 0 Å². The van der Waals surface area contributed by atoms with Gasteiger partial charge in [0.15, 0.2) is 5.75 Å². The first-order valence-corrected chi connectivity index (χ1v) is 11.3. The number of hydrogen-bond acceptors (Lipinski definition) is 5. The van der Waals surface area contributed by atoms with Crippen LogP contribution < -0.4 is 20.7 Å². The first-order chi connectivity index (χ1) is 15.6. The lowest BCUT2D eigenvalue weighted by atomic mass is 9.44. The summed E-state index contributed by atoms with van der Waals surface area (Å²) in [6.45, 7) is 3.59. The molecule has 0 atom stereocenters. The van der Waals surface area contributed by atoms with Crippen LogP contribution in [0.4, 0.5) is 0 Å². The van der Waals surface area contributed by atoms with E-state index in [2.05, 4.69) is 20.9 Å². The molecule has 1 aromatic carbocycles. The second-order valence-electron chi connectivity index (χ2n) is 8.95. The van der Waals surface area contributed by atoms with Gasteiger partial charge in [-0.1, -0.05) is 23.2 Å². The van der Waals surface area contributed by atoms with Crippen molar-refractivity contribution in [2.75, 3.05) is 6.54 Å². The molecule has 33 heavy (non-hydrogen) atoms. The number of pyridine rings is 1. The van der Waals surface area contributed by atoms with Crippen LogP contribution in [0.5, 0.6) is 5.75 Å². The van der Waals surface area contributed by atoms with Crippen molar-refractivity contribution in [2.45, 2.75) is 50.3 Å². The maximum atomic E-state index is 12.7. The Morgan fingerprint density at radius 2 is 1.67 bits per heavy atom. The average Bonchev–Trinajstić information content (AvgIpc) is 2.72. The molecule has 1 heterocycles. The Bertz CT molecular complexity index is 1060. The van der Waals surface area contributed by atoms with E-state index in [0.29, 0.717) is 36.1 Å². The zero-order valence-corrected chi connectivity index (χ0v) is 19.7. The summed E-state index contributed by atoms with van der Waals surface area (Å²) in [5.41, 5.74) is 0.0479. The number of amides is 3. The predicted octanol–water partition coefficient (Wildman–Crippen LogP) is 3.13. The van der Waals surface area contributed by atoms with Gasteiger partial charge >= 0.3 is 0 Å². The van der Waals surface area contributed by atoms with Crippen molar-refractivity contribution in [1.29, 1.82) is 0 Å². The molecule has 1 aromatic heterocycles. The van der Waals surface area contributed by atoms with E-state index in [1.54, 1.807) is 18.3 Å². The maximum absolute atomic E-state index is 12.7. The van der Waals surface area contributed by atoms with Gasteiger partial charge in [0, 0.05) is 29.0 Å². The Hall–Kier alpha value is -2.84. The summed E-state index contributed by atoms with van der Waals surface area (Å²) >= 11 is 12.5. The minimum absolute atomic E-state index is 0.101. The van der Waals surface area contributed by atoms with E-state index >= 15 is 0 Å². The van der Waals surface area contributed by atoms with Crippen LogP contribution in [-0.2, 0) is 4.79 Å². The van der Waals surface area contributed by atoms with Crippen molar-refractivity contribution in [3.05, 3.63) is 57.8 Å². The summed E-state index contributed by atoms with van der Waals surface area (Å²) in [6.07, 6.45) is 4.79. The second kappa shape index (κ2) is 8.83. The van der Waals surface area contributed by atoms with Crippen LogP contribution in [0.25, 0.3) is 0 Å². The number of carbonyl (C=O) groups excluding carboxylic acids is 3. The molecule has 3 amide bonds. The van der Waals surface area contributed by atoms with Crippen LogP contribution >= 0.6 is 23.2 Å². The van der Waals surface area contributed by atoms with Crippen molar-refractivity contribution >= 4 is 40.9 Å². The second-order valence-corrected chi connectivity index (χ2v) is 9.77. The molecule has 0 unspecified atom stereocenters. The summed E-state index contributed by atoms with van der Waals surface area (Å²) in [5.74, 6) is -0.557. The van der Waals surface area contributed by atoms with Gasteiger partial charge in [-0.3, -0.25) is 19.4 Å². The summed E-state index contributed by atoms with van der Waals surface area (Å²) in [7, 11) is 0. The Balaban J connectivity index is 1.26. The Kier molecular flexibility index (Phi) is 6.24. The van der Waals surface area contributed by atoms with Crippen LogP contribution in [0.3, 0.4) is 0 Å². The van der Waals surface area contributed by atoms with Crippen molar-refractivity contribution in [1.82, 2.24) is 20.9 Å². The monoisotopic (exact) mass is 490 g/mol. The van der Waals surface area contributed by atoms with E-state index in [9.17, 15) is 14.4 Å². The SMILES string of the molecule is CC(C)Oc1c(Cl)cc(C(=O)NC23CC(NC(=O)CNC(=O)c4cccnc4)(C2)C3)cc1Cl. The molecule has 3 fully saturated rings. The zero-order valence-electron chi connectivity index (χ0n) is 18.2. The number of nitrogens with one attached hydrogen (secondary N) is 3. The molecule has 10 heteroatoms. The van der Waals surface area contributed by atoms with Crippen LogP contribution in [0, 0.1) is 0 Å². The highest BCUT2D eigenvalue weighted by atomic mass is 35.5. The van der Waals surface area contributed by atoms with Gasteiger partial charge in [-0.25, -0.2) is 0 Å². The molecule has 2 aromatic rings.